The SMILES string of the molecule is CN(CC(=O)N(C)C1CCS(=O)(=O)C1)C1CCCCC1O. The van der Waals surface area contributed by atoms with Gasteiger partial charge in [-0.1, -0.05) is 12.8 Å². The Hall–Kier alpha value is -0.660. The third-order valence-electron chi connectivity index (χ3n) is 4.79. The van der Waals surface area contributed by atoms with Crippen molar-refractivity contribution in [3.05, 3.63) is 0 Å². The van der Waals surface area contributed by atoms with Crippen molar-refractivity contribution < 1.29 is 18.3 Å². The van der Waals surface area contributed by atoms with Gasteiger partial charge in [0.2, 0.25) is 5.91 Å². The number of hydrogen-bond donors (Lipinski definition) is 1. The number of carbonyl (C=O) groups excluding carboxylic acids is 1. The fourth-order valence-corrected chi connectivity index (χ4v) is 5.11. The quantitative estimate of drug-likeness (QED) is 0.781. The number of amides is 1. The second-order valence-corrected chi connectivity index (χ2v) is 8.62. The van der Waals surface area contributed by atoms with Crippen LogP contribution < -0.4 is 0 Å². The number of aliphatic hydroxyl groups is 1. The first-order valence-electron chi connectivity index (χ1n) is 7.64. The topological polar surface area (TPSA) is 77.9 Å². The van der Waals surface area contributed by atoms with Crippen LogP contribution in [0.5, 0.6) is 0 Å². The van der Waals surface area contributed by atoms with E-state index in [-0.39, 0.29) is 42.1 Å². The molecule has 0 aromatic heterocycles. The van der Waals surface area contributed by atoms with Gasteiger partial charge in [0.05, 0.1) is 24.2 Å². The lowest BCUT2D eigenvalue weighted by Gasteiger charge is -2.36. The van der Waals surface area contributed by atoms with Crippen molar-refractivity contribution in [3.63, 3.8) is 0 Å². The Morgan fingerprint density at radius 2 is 1.86 bits per heavy atom. The van der Waals surface area contributed by atoms with Crippen LogP contribution in [0.25, 0.3) is 0 Å². The molecule has 6 nitrogen and oxygen atoms in total. The molecule has 122 valence electrons. The Morgan fingerprint density at radius 3 is 2.43 bits per heavy atom. The first kappa shape index (κ1) is 16.7. The standard InChI is InChI=1S/C14H26N2O4S/c1-15(12-5-3-4-6-13(12)17)9-14(18)16(2)11-7-8-21(19,20)10-11/h11-13,17H,3-10H2,1-2H3. The van der Waals surface area contributed by atoms with Crippen LogP contribution >= 0.6 is 0 Å². The molecule has 2 aliphatic rings. The van der Waals surface area contributed by atoms with Gasteiger partial charge in [0.1, 0.15) is 0 Å². The molecular formula is C14H26N2O4S. The highest BCUT2D eigenvalue weighted by atomic mass is 32.2. The van der Waals surface area contributed by atoms with Crippen molar-refractivity contribution >= 4 is 15.7 Å². The van der Waals surface area contributed by atoms with Gasteiger partial charge in [-0.25, -0.2) is 8.42 Å². The number of nitrogens with zero attached hydrogens (tertiary/aromatic N) is 2. The zero-order valence-corrected chi connectivity index (χ0v) is 13.7. The highest BCUT2D eigenvalue weighted by Gasteiger charge is 2.34. The fourth-order valence-electron chi connectivity index (χ4n) is 3.33. The molecule has 1 aliphatic heterocycles. The molecule has 1 saturated heterocycles. The average molecular weight is 318 g/mol. The number of aliphatic hydroxyl groups excluding tert-OH is 1. The van der Waals surface area contributed by atoms with Crippen LogP contribution in [-0.2, 0) is 14.6 Å². The van der Waals surface area contributed by atoms with Crippen LogP contribution in [0.4, 0.5) is 0 Å². The van der Waals surface area contributed by atoms with E-state index in [2.05, 4.69) is 0 Å². The minimum absolute atomic E-state index is 0.0309. The van der Waals surface area contributed by atoms with Crippen molar-refractivity contribution in [1.82, 2.24) is 9.80 Å². The first-order chi connectivity index (χ1) is 9.80. The number of rotatable bonds is 4. The Morgan fingerprint density at radius 1 is 1.19 bits per heavy atom. The molecule has 3 atom stereocenters. The number of carbonyl (C=O) groups is 1. The second-order valence-electron chi connectivity index (χ2n) is 6.40. The molecule has 2 rings (SSSR count). The minimum Gasteiger partial charge on any atom is -0.391 e. The van der Waals surface area contributed by atoms with Gasteiger partial charge >= 0.3 is 0 Å². The minimum atomic E-state index is -2.98. The summed E-state index contributed by atoms with van der Waals surface area (Å²) in [7, 11) is 0.558. The maximum absolute atomic E-state index is 12.3. The van der Waals surface area contributed by atoms with Crippen molar-refractivity contribution in [3.8, 4) is 0 Å². The number of hydrogen-bond acceptors (Lipinski definition) is 5. The van der Waals surface area contributed by atoms with E-state index in [9.17, 15) is 18.3 Å². The van der Waals surface area contributed by atoms with Crippen LogP contribution in [0.3, 0.4) is 0 Å². The molecule has 1 saturated carbocycles. The molecule has 0 aromatic rings. The van der Waals surface area contributed by atoms with Gasteiger partial charge in [-0.3, -0.25) is 9.69 Å². The van der Waals surface area contributed by atoms with E-state index in [0.717, 1.165) is 25.7 Å². The van der Waals surface area contributed by atoms with Gasteiger partial charge in [0.25, 0.3) is 0 Å². The Bertz CT molecular complexity index is 479. The van der Waals surface area contributed by atoms with Crippen LogP contribution in [0.1, 0.15) is 32.1 Å². The molecule has 1 heterocycles. The van der Waals surface area contributed by atoms with E-state index in [4.69, 9.17) is 0 Å². The monoisotopic (exact) mass is 318 g/mol. The van der Waals surface area contributed by atoms with Gasteiger partial charge in [-0.2, -0.15) is 0 Å². The molecule has 0 radical (unpaired) electrons. The molecule has 0 bridgehead atoms. The molecule has 21 heavy (non-hydrogen) atoms. The zero-order chi connectivity index (χ0) is 15.6. The molecule has 7 heteroatoms. The Labute approximate surface area is 127 Å². The van der Waals surface area contributed by atoms with Crippen molar-refractivity contribution in [1.29, 1.82) is 0 Å². The molecule has 1 amide bonds. The molecule has 1 aliphatic carbocycles. The van der Waals surface area contributed by atoms with Crippen molar-refractivity contribution in [2.45, 2.75) is 50.3 Å². The van der Waals surface area contributed by atoms with Gasteiger partial charge in [-0.05, 0) is 26.3 Å². The van der Waals surface area contributed by atoms with Gasteiger partial charge in [0, 0.05) is 19.1 Å². The normalized spacial score (nSPS) is 32.3. The Balaban J connectivity index is 1.88. The summed E-state index contributed by atoms with van der Waals surface area (Å²) in [5.74, 6) is 0.176. The summed E-state index contributed by atoms with van der Waals surface area (Å²) >= 11 is 0. The third kappa shape index (κ3) is 4.17. The predicted octanol–water partition coefficient (Wildman–Crippen LogP) is -0.133. The van der Waals surface area contributed by atoms with E-state index < -0.39 is 9.84 Å². The summed E-state index contributed by atoms with van der Waals surface area (Å²) in [6.07, 6.45) is 3.98. The van der Waals surface area contributed by atoms with Crippen LogP contribution in [0.2, 0.25) is 0 Å². The van der Waals surface area contributed by atoms with Gasteiger partial charge in [0.15, 0.2) is 9.84 Å². The fraction of sp³-hybridized carbons (Fsp3) is 0.929. The summed E-state index contributed by atoms with van der Waals surface area (Å²) in [5, 5.41) is 10.0. The smallest absolute Gasteiger partial charge is 0.236 e. The summed E-state index contributed by atoms with van der Waals surface area (Å²) in [6.45, 7) is 0.231. The molecule has 0 spiro atoms. The Kier molecular flexibility index (Phi) is 5.27. The lowest BCUT2D eigenvalue weighted by Crippen LogP contribution is -2.49. The van der Waals surface area contributed by atoms with Crippen LogP contribution in [0.15, 0.2) is 0 Å². The lowest BCUT2D eigenvalue weighted by atomic mass is 9.91. The number of sulfone groups is 1. The van der Waals surface area contributed by atoms with E-state index in [1.807, 2.05) is 11.9 Å². The summed E-state index contributed by atoms with van der Waals surface area (Å²) in [4.78, 5) is 15.8. The van der Waals surface area contributed by atoms with Crippen molar-refractivity contribution in [2.75, 3.05) is 32.1 Å². The molecule has 2 fully saturated rings. The molecule has 1 N–H and O–H groups in total. The first-order valence-corrected chi connectivity index (χ1v) is 9.46. The van der Waals surface area contributed by atoms with Crippen LogP contribution in [-0.4, -0.2) is 79.6 Å². The predicted molar refractivity (Wildman–Crippen MR) is 80.7 cm³/mol. The third-order valence-corrected chi connectivity index (χ3v) is 6.54. The van der Waals surface area contributed by atoms with Gasteiger partial charge in [-0.15, -0.1) is 0 Å². The maximum atomic E-state index is 12.3. The van der Waals surface area contributed by atoms with E-state index in [1.54, 1.807) is 11.9 Å². The zero-order valence-electron chi connectivity index (χ0n) is 12.9. The van der Waals surface area contributed by atoms with Crippen molar-refractivity contribution in [2.24, 2.45) is 0 Å². The largest absolute Gasteiger partial charge is 0.391 e. The highest BCUT2D eigenvalue weighted by molar-refractivity contribution is 7.91. The maximum Gasteiger partial charge on any atom is 0.236 e. The van der Waals surface area contributed by atoms with E-state index in [1.165, 1.54) is 0 Å². The van der Waals surface area contributed by atoms with Gasteiger partial charge < -0.3 is 10.0 Å². The van der Waals surface area contributed by atoms with E-state index in [0.29, 0.717) is 6.42 Å². The molecular weight excluding hydrogens is 292 g/mol. The molecule has 3 unspecified atom stereocenters. The summed E-state index contributed by atoms with van der Waals surface area (Å²) < 4.78 is 23.0. The summed E-state index contributed by atoms with van der Waals surface area (Å²) in [5.41, 5.74) is 0. The lowest BCUT2D eigenvalue weighted by molar-refractivity contribution is -0.133. The highest BCUT2D eigenvalue weighted by Crippen LogP contribution is 2.23. The average Bonchev–Trinajstić information content (AvgIpc) is 2.78. The van der Waals surface area contributed by atoms with E-state index >= 15 is 0 Å². The number of likely N-dealkylation sites (N-methyl/N-ethyl adjacent to an activating group) is 2. The van der Waals surface area contributed by atoms with Crippen LogP contribution in [0, 0.1) is 0 Å². The second kappa shape index (κ2) is 6.62. The summed E-state index contributed by atoms with van der Waals surface area (Å²) in [6, 6.07) is -0.171. The molecule has 0 aromatic carbocycles.